The number of alkyl halides is 1. The summed E-state index contributed by atoms with van der Waals surface area (Å²) in [6.07, 6.45) is 6.74. The minimum Gasteiger partial charge on any atom is -0.483 e. The van der Waals surface area contributed by atoms with E-state index in [2.05, 4.69) is 58.5 Å². The van der Waals surface area contributed by atoms with E-state index in [1.54, 1.807) is 0 Å². The third-order valence-electron chi connectivity index (χ3n) is 3.64. The zero-order valence-corrected chi connectivity index (χ0v) is 14.9. The van der Waals surface area contributed by atoms with Crippen LogP contribution in [0, 0.1) is 0 Å². The van der Waals surface area contributed by atoms with E-state index in [9.17, 15) is 0 Å². The first-order chi connectivity index (χ1) is 10.3. The lowest BCUT2D eigenvalue weighted by molar-refractivity contribution is 0.404. The molecular weight excluding hydrogens is 375 g/mol. The lowest BCUT2D eigenvalue weighted by Crippen LogP contribution is -2.00. The highest BCUT2D eigenvalue weighted by atomic mass is 127. The van der Waals surface area contributed by atoms with E-state index in [-0.39, 0.29) is 0 Å². The molecule has 0 radical (unpaired) electrons. The molecule has 0 atom stereocenters. The smallest absolute Gasteiger partial charge is 0.139 e. The average molecular weight is 398 g/mol. The summed E-state index contributed by atoms with van der Waals surface area (Å²) in [5, 5.41) is 0. The Hall–Kier alpha value is -1.04. The molecule has 0 bridgehead atoms. The average Bonchev–Trinajstić information content (AvgIpc) is 2.98. The number of aromatic amines is 1. The van der Waals surface area contributed by atoms with Crippen LogP contribution in [0.15, 0.2) is 30.5 Å². The number of aromatic nitrogens is 2. The van der Waals surface area contributed by atoms with Crippen molar-refractivity contribution in [2.45, 2.75) is 45.4 Å². The minimum atomic E-state index is 0.551. The summed E-state index contributed by atoms with van der Waals surface area (Å²) in [5.74, 6) is 2.58. The van der Waals surface area contributed by atoms with Gasteiger partial charge in [0.1, 0.15) is 16.2 Å². The van der Waals surface area contributed by atoms with Crippen molar-refractivity contribution < 1.29 is 4.74 Å². The van der Waals surface area contributed by atoms with Crippen LogP contribution in [0.2, 0.25) is 0 Å². The SMILES string of the molecule is CCCC(CCC)c1ncc(-c2ccc(OCI)cc2)[nH]1. The number of ether oxygens (including phenoxy) is 1. The third-order valence-corrected chi connectivity index (χ3v) is 3.95. The topological polar surface area (TPSA) is 37.9 Å². The molecule has 0 fully saturated rings. The molecule has 4 heteroatoms. The van der Waals surface area contributed by atoms with Crippen LogP contribution >= 0.6 is 22.6 Å². The van der Waals surface area contributed by atoms with Gasteiger partial charge in [0.2, 0.25) is 0 Å². The van der Waals surface area contributed by atoms with E-state index in [1.165, 1.54) is 25.7 Å². The lowest BCUT2D eigenvalue weighted by Gasteiger charge is -2.12. The second-order valence-corrected chi connectivity index (χ2v) is 5.86. The van der Waals surface area contributed by atoms with Crippen molar-refractivity contribution in [3.05, 3.63) is 36.3 Å². The third kappa shape index (κ3) is 4.46. The molecule has 0 aliphatic rings. The van der Waals surface area contributed by atoms with E-state index in [1.807, 2.05) is 18.3 Å². The van der Waals surface area contributed by atoms with Crippen LogP contribution in [0.1, 0.15) is 51.3 Å². The zero-order valence-electron chi connectivity index (χ0n) is 12.7. The summed E-state index contributed by atoms with van der Waals surface area (Å²) in [4.78, 5) is 8.10. The lowest BCUT2D eigenvalue weighted by atomic mass is 9.98. The summed E-state index contributed by atoms with van der Waals surface area (Å²) >= 11 is 2.20. The Balaban J connectivity index is 2.14. The number of H-pyrrole nitrogens is 1. The van der Waals surface area contributed by atoms with E-state index in [4.69, 9.17) is 4.74 Å². The highest BCUT2D eigenvalue weighted by molar-refractivity contribution is 14.1. The molecule has 2 rings (SSSR count). The van der Waals surface area contributed by atoms with Crippen molar-refractivity contribution >= 4 is 22.6 Å². The highest BCUT2D eigenvalue weighted by Crippen LogP contribution is 2.27. The van der Waals surface area contributed by atoms with Gasteiger partial charge in [-0.05, 0) is 65.3 Å². The molecule has 0 aliphatic heterocycles. The Bertz CT molecular complexity index is 530. The monoisotopic (exact) mass is 398 g/mol. The van der Waals surface area contributed by atoms with Gasteiger partial charge in [-0.15, -0.1) is 0 Å². The van der Waals surface area contributed by atoms with Crippen molar-refractivity contribution in [3.63, 3.8) is 0 Å². The van der Waals surface area contributed by atoms with Crippen molar-refractivity contribution in [1.29, 1.82) is 0 Å². The molecule has 1 aromatic carbocycles. The molecule has 2 aromatic rings. The molecule has 0 unspecified atom stereocenters. The van der Waals surface area contributed by atoms with Crippen LogP contribution in [0.5, 0.6) is 5.75 Å². The summed E-state index contributed by atoms with van der Waals surface area (Å²) in [6.45, 7) is 4.47. The maximum absolute atomic E-state index is 5.46. The second-order valence-electron chi connectivity index (χ2n) is 5.23. The highest BCUT2D eigenvalue weighted by Gasteiger charge is 2.14. The van der Waals surface area contributed by atoms with Gasteiger partial charge in [0.05, 0.1) is 11.9 Å². The van der Waals surface area contributed by atoms with E-state index in [0.717, 1.165) is 22.8 Å². The molecule has 1 heterocycles. The quantitative estimate of drug-likeness (QED) is 0.469. The van der Waals surface area contributed by atoms with Crippen molar-refractivity contribution in [2.24, 2.45) is 0 Å². The minimum absolute atomic E-state index is 0.551. The molecule has 0 spiro atoms. The Labute approximate surface area is 140 Å². The molecule has 21 heavy (non-hydrogen) atoms. The largest absolute Gasteiger partial charge is 0.483 e. The number of halogens is 1. The molecule has 114 valence electrons. The van der Waals surface area contributed by atoms with Crippen LogP contribution in [-0.4, -0.2) is 14.6 Å². The van der Waals surface area contributed by atoms with Gasteiger partial charge in [-0.1, -0.05) is 26.7 Å². The number of hydrogen-bond acceptors (Lipinski definition) is 2. The molecule has 0 amide bonds. The Kier molecular flexibility index (Phi) is 6.54. The van der Waals surface area contributed by atoms with Crippen molar-refractivity contribution in [1.82, 2.24) is 9.97 Å². The van der Waals surface area contributed by atoms with Crippen molar-refractivity contribution in [2.75, 3.05) is 4.61 Å². The van der Waals surface area contributed by atoms with Gasteiger partial charge >= 0.3 is 0 Å². The summed E-state index contributed by atoms with van der Waals surface area (Å²) in [5.41, 5.74) is 2.24. The standard InChI is InChI=1S/C17H23IN2O/c1-3-5-14(6-4-2)17-19-11-16(20-17)13-7-9-15(10-8-13)21-12-18/h7-11,14H,3-6,12H2,1-2H3,(H,19,20). The molecule has 1 aromatic heterocycles. The molecule has 3 nitrogen and oxygen atoms in total. The van der Waals surface area contributed by atoms with Gasteiger partial charge in [0.15, 0.2) is 0 Å². The van der Waals surface area contributed by atoms with Gasteiger partial charge in [0.25, 0.3) is 0 Å². The van der Waals surface area contributed by atoms with Crippen LogP contribution in [0.3, 0.4) is 0 Å². The normalized spacial score (nSPS) is 11.0. The Morgan fingerprint density at radius 1 is 1.14 bits per heavy atom. The second kappa shape index (κ2) is 8.41. The number of benzene rings is 1. The summed E-state index contributed by atoms with van der Waals surface area (Å²) < 4.78 is 6.13. The van der Waals surface area contributed by atoms with Crippen LogP contribution in [0.4, 0.5) is 0 Å². The van der Waals surface area contributed by atoms with Gasteiger partial charge in [-0.25, -0.2) is 4.98 Å². The summed E-state index contributed by atoms with van der Waals surface area (Å²) in [7, 11) is 0. The van der Waals surface area contributed by atoms with Crippen LogP contribution < -0.4 is 4.74 Å². The predicted molar refractivity (Wildman–Crippen MR) is 96.1 cm³/mol. The van der Waals surface area contributed by atoms with E-state index in [0.29, 0.717) is 10.5 Å². The van der Waals surface area contributed by atoms with Crippen LogP contribution in [-0.2, 0) is 0 Å². The summed E-state index contributed by atoms with van der Waals surface area (Å²) in [6, 6.07) is 8.16. The van der Waals surface area contributed by atoms with Crippen LogP contribution in [0.25, 0.3) is 11.3 Å². The number of nitrogens with zero attached hydrogens (tertiary/aromatic N) is 1. The molecule has 0 saturated heterocycles. The zero-order chi connectivity index (χ0) is 15.1. The maximum Gasteiger partial charge on any atom is 0.139 e. The fourth-order valence-corrected chi connectivity index (χ4v) is 2.96. The van der Waals surface area contributed by atoms with Gasteiger partial charge < -0.3 is 9.72 Å². The number of nitrogens with one attached hydrogen (secondary N) is 1. The van der Waals surface area contributed by atoms with Gasteiger partial charge in [-0.3, -0.25) is 0 Å². The predicted octanol–water partition coefficient (Wildman–Crippen LogP) is 5.53. The molecule has 1 N–H and O–H groups in total. The van der Waals surface area contributed by atoms with Gasteiger partial charge in [-0.2, -0.15) is 0 Å². The first-order valence-electron chi connectivity index (χ1n) is 7.62. The fourth-order valence-electron chi connectivity index (χ4n) is 2.60. The molecular formula is C17H23IN2O. The Morgan fingerprint density at radius 3 is 2.38 bits per heavy atom. The number of imidazole rings is 1. The molecule has 0 saturated carbocycles. The molecule has 0 aliphatic carbocycles. The number of rotatable bonds is 8. The first kappa shape index (κ1) is 16.3. The van der Waals surface area contributed by atoms with Crippen molar-refractivity contribution in [3.8, 4) is 17.0 Å². The van der Waals surface area contributed by atoms with E-state index >= 15 is 0 Å². The maximum atomic E-state index is 5.46. The Morgan fingerprint density at radius 2 is 1.81 bits per heavy atom. The number of hydrogen-bond donors (Lipinski definition) is 1. The van der Waals surface area contributed by atoms with E-state index < -0.39 is 0 Å². The first-order valence-corrected chi connectivity index (χ1v) is 9.15. The fraction of sp³-hybridized carbons (Fsp3) is 0.471. The van der Waals surface area contributed by atoms with Gasteiger partial charge in [0, 0.05) is 5.92 Å².